The predicted molar refractivity (Wildman–Crippen MR) is 70.9 cm³/mol. The van der Waals surface area contributed by atoms with E-state index in [2.05, 4.69) is 11.1 Å². The molecule has 3 heteroatoms. The van der Waals surface area contributed by atoms with Crippen LogP contribution in [0.3, 0.4) is 0 Å². The Morgan fingerprint density at radius 3 is 2.82 bits per heavy atom. The Kier molecular flexibility index (Phi) is 3.22. The number of para-hydroxylation sites is 1. The molecule has 2 rings (SSSR count). The van der Waals surface area contributed by atoms with Crippen LogP contribution in [0, 0.1) is 0 Å². The van der Waals surface area contributed by atoms with Crippen LogP contribution in [0.5, 0.6) is 0 Å². The van der Waals surface area contributed by atoms with Crippen LogP contribution in [0.25, 0.3) is 10.9 Å². The number of nitrogens with two attached hydrogens (primary N) is 1. The minimum Gasteiger partial charge on any atom is -0.390 e. The Hall–Kier alpha value is -1.32. The Balaban J connectivity index is 2.23. The highest BCUT2D eigenvalue weighted by Gasteiger charge is 2.23. The van der Waals surface area contributed by atoms with Gasteiger partial charge in [-0.15, -0.1) is 0 Å². The monoisotopic (exact) mass is 232 g/mol. The van der Waals surface area contributed by atoms with Gasteiger partial charge in [-0.1, -0.05) is 18.2 Å². The first-order valence-electron chi connectivity index (χ1n) is 6.01. The lowest BCUT2D eigenvalue weighted by molar-refractivity contribution is 0.0463. The number of H-pyrrole nitrogens is 1. The number of nitrogens with one attached hydrogen (secondary N) is 1. The Bertz CT molecular complexity index is 500. The van der Waals surface area contributed by atoms with Gasteiger partial charge in [0.2, 0.25) is 0 Å². The number of benzene rings is 1. The summed E-state index contributed by atoms with van der Waals surface area (Å²) in [5, 5.41) is 11.5. The average Bonchev–Trinajstić information content (AvgIpc) is 2.59. The third kappa shape index (κ3) is 2.87. The van der Waals surface area contributed by atoms with E-state index >= 15 is 0 Å². The van der Waals surface area contributed by atoms with Gasteiger partial charge in [-0.05, 0) is 31.9 Å². The van der Waals surface area contributed by atoms with Gasteiger partial charge in [0.05, 0.1) is 5.60 Å². The Morgan fingerprint density at radius 1 is 1.41 bits per heavy atom. The molecule has 2 atom stereocenters. The number of rotatable bonds is 4. The van der Waals surface area contributed by atoms with Crippen LogP contribution in [-0.4, -0.2) is 21.7 Å². The maximum atomic E-state index is 10.3. The maximum Gasteiger partial charge on any atom is 0.0675 e. The van der Waals surface area contributed by atoms with Crippen molar-refractivity contribution in [2.75, 3.05) is 0 Å². The molecule has 3 nitrogen and oxygen atoms in total. The summed E-state index contributed by atoms with van der Waals surface area (Å²) in [5.74, 6) is 0. The average molecular weight is 232 g/mol. The summed E-state index contributed by atoms with van der Waals surface area (Å²) in [5.41, 5.74) is 7.26. The van der Waals surface area contributed by atoms with Gasteiger partial charge in [-0.25, -0.2) is 0 Å². The number of aromatic nitrogens is 1. The summed E-state index contributed by atoms with van der Waals surface area (Å²) in [6.45, 7) is 3.77. The molecule has 0 aliphatic carbocycles. The molecule has 17 heavy (non-hydrogen) atoms. The molecule has 1 heterocycles. The van der Waals surface area contributed by atoms with Crippen molar-refractivity contribution in [3.05, 3.63) is 36.0 Å². The van der Waals surface area contributed by atoms with Crippen LogP contribution in [0.4, 0.5) is 0 Å². The molecule has 0 saturated heterocycles. The number of aliphatic hydroxyl groups is 1. The van der Waals surface area contributed by atoms with Crippen molar-refractivity contribution in [2.24, 2.45) is 5.73 Å². The largest absolute Gasteiger partial charge is 0.390 e. The van der Waals surface area contributed by atoms with Crippen LogP contribution in [0.2, 0.25) is 0 Å². The molecule has 0 bridgehead atoms. The number of aromatic amines is 1. The molecule has 4 N–H and O–H groups in total. The standard InChI is InChI=1S/C14H20N2O/c1-10(15)7-14(2,17)8-11-9-16-13-6-4-3-5-12(11)13/h3-6,9-10,16-17H,7-8,15H2,1-2H3. The summed E-state index contributed by atoms with van der Waals surface area (Å²) in [7, 11) is 0. The molecular formula is C14H20N2O. The molecule has 0 fully saturated rings. The normalized spacial score (nSPS) is 16.9. The molecule has 2 unspecified atom stereocenters. The summed E-state index contributed by atoms with van der Waals surface area (Å²) >= 11 is 0. The highest BCUT2D eigenvalue weighted by atomic mass is 16.3. The SMILES string of the molecule is CC(N)CC(C)(O)Cc1c[nH]c2ccccc12. The zero-order valence-electron chi connectivity index (χ0n) is 10.4. The van der Waals surface area contributed by atoms with Gasteiger partial charge < -0.3 is 15.8 Å². The Morgan fingerprint density at radius 2 is 2.12 bits per heavy atom. The summed E-state index contributed by atoms with van der Waals surface area (Å²) in [6.07, 6.45) is 3.20. The van der Waals surface area contributed by atoms with E-state index in [1.165, 1.54) is 5.39 Å². The van der Waals surface area contributed by atoms with E-state index in [1.54, 1.807) is 0 Å². The number of fused-ring (bicyclic) bond motifs is 1. The van der Waals surface area contributed by atoms with Crippen molar-refractivity contribution in [1.82, 2.24) is 4.98 Å². The third-order valence-electron chi connectivity index (χ3n) is 3.01. The van der Waals surface area contributed by atoms with Gasteiger partial charge in [0.25, 0.3) is 0 Å². The molecular weight excluding hydrogens is 212 g/mol. The molecule has 2 aromatic rings. The smallest absolute Gasteiger partial charge is 0.0675 e. The van der Waals surface area contributed by atoms with E-state index in [1.807, 2.05) is 38.2 Å². The first-order chi connectivity index (χ1) is 7.98. The van der Waals surface area contributed by atoms with Crippen LogP contribution in [-0.2, 0) is 6.42 Å². The van der Waals surface area contributed by atoms with Crippen molar-refractivity contribution in [2.45, 2.75) is 38.3 Å². The Labute approximate surface area is 102 Å². The minimum absolute atomic E-state index is 0.00945. The van der Waals surface area contributed by atoms with E-state index in [0.29, 0.717) is 12.8 Å². The van der Waals surface area contributed by atoms with E-state index in [0.717, 1.165) is 11.1 Å². The second-order valence-corrected chi connectivity index (χ2v) is 5.21. The number of hydrogen-bond acceptors (Lipinski definition) is 2. The lowest BCUT2D eigenvalue weighted by Crippen LogP contribution is -2.34. The second-order valence-electron chi connectivity index (χ2n) is 5.21. The van der Waals surface area contributed by atoms with Crippen LogP contribution in [0.15, 0.2) is 30.5 Å². The molecule has 1 aromatic heterocycles. The number of hydrogen-bond donors (Lipinski definition) is 3. The van der Waals surface area contributed by atoms with Crippen molar-refractivity contribution in [3.63, 3.8) is 0 Å². The van der Waals surface area contributed by atoms with Crippen molar-refractivity contribution >= 4 is 10.9 Å². The molecule has 92 valence electrons. The third-order valence-corrected chi connectivity index (χ3v) is 3.01. The van der Waals surface area contributed by atoms with Gasteiger partial charge >= 0.3 is 0 Å². The van der Waals surface area contributed by atoms with Gasteiger partial charge in [0.1, 0.15) is 0 Å². The second kappa shape index (κ2) is 4.51. The van der Waals surface area contributed by atoms with Crippen molar-refractivity contribution in [1.29, 1.82) is 0 Å². The quantitative estimate of drug-likeness (QED) is 0.756. The highest BCUT2D eigenvalue weighted by molar-refractivity contribution is 5.83. The van der Waals surface area contributed by atoms with E-state index in [9.17, 15) is 5.11 Å². The lowest BCUT2D eigenvalue weighted by Gasteiger charge is -2.25. The van der Waals surface area contributed by atoms with Gasteiger partial charge in [0, 0.05) is 29.6 Å². The van der Waals surface area contributed by atoms with Crippen LogP contribution in [0.1, 0.15) is 25.8 Å². The molecule has 0 aliphatic rings. The molecule has 0 amide bonds. The zero-order valence-corrected chi connectivity index (χ0v) is 10.4. The van der Waals surface area contributed by atoms with Crippen molar-refractivity contribution < 1.29 is 5.11 Å². The minimum atomic E-state index is -0.751. The summed E-state index contributed by atoms with van der Waals surface area (Å²) in [4.78, 5) is 3.22. The molecule has 1 aromatic carbocycles. The first-order valence-corrected chi connectivity index (χ1v) is 6.01. The highest BCUT2D eigenvalue weighted by Crippen LogP contribution is 2.24. The van der Waals surface area contributed by atoms with Crippen LogP contribution >= 0.6 is 0 Å². The molecule has 0 radical (unpaired) electrons. The molecule has 0 spiro atoms. The van der Waals surface area contributed by atoms with Gasteiger partial charge in [-0.3, -0.25) is 0 Å². The fourth-order valence-electron chi connectivity index (χ4n) is 2.45. The topological polar surface area (TPSA) is 62.0 Å². The van der Waals surface area contributed by atoms with Gasteiger partial charge in [-0.2, -0.15) is 0 Å². The first kappa shape index (κ1) is 12.1. The fraction of sp³-hybridized carbons (Fsp3) is 0.429. The van der Waals surface area contributed by atoms with E-state index in [-0.39, 0.29) is 6.04 Å². The predicted octanol–water partition coefficient (Wildman–Crippen LogP) is 2.20. The van der Waals surface area contributed by atoms with Gasteiger partial charge in [0.15, 0.2) is 0 Å². The van der Waals surface area contributed by atoms with Crippen LogP contribution < -0.4 is 5.73 Å². The summed E-state index contributed by atoms with van der Waals surface area (Å²) < 4.78 is 0. The summed E-state index contributed by atoms with van der Waals surface area (Å²) in [6, 6.07) is 8.14. The van der Waals surface area contributed by atoms with E-state index < -0.39 is 5.60 Å². The lowest BCUT2D eigenvalue weighted by atomic mass is 9.90. The van der Waals surface area contributed by atoms with E-state index in [4.69, 9.17) is 5.73 Å². The molecule has 0 aliphatic heterocycles. The van der Waals surface area contributed by atoms with Crippen molar-refractivity contribution in [3.8, 4) is 0 Å². The maximum absolute atomic E-state index is 10.3. The fourth-order valence-corrected chi connectivity index (χ4v) is 2.45. The zero-order chi connectivity index (χ0) is 12.5. The molecule has 0 saturated carbocycles.